The third kappa shape index (κ3) is 4.12. The summed E-state index contributed by atoms with van der Waals surface area (Å²) < 4.78 is 27.8. The van der Waals surface area contributed by atoms with Crippen LogP contribution in [0.5, 0.6) is 0 Å². The fourth-order valence-electron chi connectivity index (χ4n) is 3.57. The van der Waals surface area contributed by atoms with Gasteiger partial charge in [0, 0.05) is 19.0 Å². The van der Waals surface area contributed by atoms with Crippen LogP contribution < -0.4 is 10.8 Å². The molecule has 25 heavy (non-hydrogen) atoms. The number of carbonyl (C=O) groups is 1. The fourth-order valence-corrected chi connectivity index (χ4v) is 4.56. The van der Waals surface area contributed by atoms with Crippen LogP contribution in [-0.4, -0.2) is 38.1 Å². The molecular weight excluding hydrogens is 344 g/mol. The van der Waals surface area contributed by atoms with Gasteiger partial charge in [-0.1, -0.05) is 6.42 Å². The number of likely N-dealkylation sites (tertiary alicyclic amines) is 1. The van der Waals surface area contributed by atoms with Crippen LogP contribution >= 0.6 is 0 Å². The quantitative estimate of drug-likeness (QED) is 0.862. The number of hydrogen-bond donors (Lipinski definition) is 1. The number of primary sulfonamides is 1. The number of aryl methyl sites for hydroxylation is 1. The number of piperidine rings is 1. The maximum Gasteiger partial charge on any atom is 0.349 e. The van der Waals surface area contributed by atoms with Crippen molar-refractivity contribution in [1.82, 2.24) is 4.90 Å². The van der Waals surface area contributed by atoms with Crippen molar-refractivity contribution < 1.29 is 17.6 Å². The topological polar surface area (TPSA) is 111 Å². The van der Waals surface area contributed by atoms with Gasteiger partial charge in [-0.3, -0.25) is 4.79 Å². The van der Waals surface area contributed by atoms with Gasteiger partial charge in [0.15, 0.2) is 0 Å². The maximum atomic E-state index is 12.7. The van der Waals surface area contributed by atoms with Crippen LogP contribution in [0, 0.1) is 12.8 Å². The van der Waals surface area contributed by atoms with Crippen LogP contribution in [-0.2, 0) is 10.0 Å². The van der Waals surface area contributed by atoms with Crippen molar-refractivity contribution in [3.63, 3.8) is 0 Å². The van der Waals surface area contributed by atoms with Crippen molar-refractivity contribution in [2.45, 2.75) is 44.9 Å². The lowest BCUT2D eigenvalue weighted by Crippen LogP contribution is -2.42. The molecule has 138 valence electrons. The maximum absolute atomic E-state index is 12.7. The standard InChI is InChI=1S/C17H24N2O5S/c1-11-9-14(13-3-2-4-13)24-17(21)15(11)16(20)19-7-5-12(6-8-19)10-25(18,22)23/h9,12-13H,2-8,10H2,1H3,(H2,18,22,23). The molecule has 2 aliphatic rings. The molecule has 2 N–H and O–H groups in total. The SMILES string of the molecule is Cc1cc(C2CCC2)oc(=O)c1C(=O)N1CCC(CS(N)(=O)=O)CC1. The molecule has 0 aromatic carbocycles. The largest absolute Gasteiger partial charge is 0.427 e. The summed E-state index contributed by atoms with van der Waals surface area (Å²) in [7, 11) is -3.51. The molecule has 1 aromatic rings. The van der Waals surface area contributed by atoms with Gasteiger partial charge in [0.05, 0.1) is 5.75 Å². The lowest BCUT2D eigenvalue weighted by Gasteiger charge is -2.31. The second-order valence-electron chi connectivity index (χ2n) is 7.19. The van der Waals surface area contributed by atoms with Crippen LogP contribution in [0.25, 0.3) is 0 Å². The second kappa shape index (κ2) is 6.92. The third-order valence-corrected chi connectivity index (χ3v) is 6.19. The van der Waals surface area contributed by atoms with Crippen LogP contribution in [0.4, 0.5) is 0 Å². The molecule has 0 bridgehead atoms. The van der Waals surface area contributed by atoms with Gasteiger partial charge in [-0.15, -0.1) is 0 Å². The van der Waals surface area contributed by atoms with E-state index in [1.54, 1.807) is 11.8 Å². The molecule has 1 amide bonds. The molecule has 8 heteroatoms. The van der Waals surface area contributed by atoms with E-state index in [2.05, 4.69) is 0 Å². The Morgan fingerprint density at radius 3 is 2.40 bits per heavy atom. The van der Waals surface area contributed by atoms with E-state index in [-0.39, 0.29) is 23.1 Å². The number of sulfonamides is 1. The van der Waals surface area contributed by atoms with Gasteiger partial charge >= 0.3 is 5.63 Å². The van der Waals surface area contributed by atoms with E-state index < -0.39 is 15.6 Å². The van der Waals surface area contributed by atoms with E-state index in [1.165, 1.54) is 0 Å². The molecule has 1 aliphatic heterocycles. The zero-order valence-corrected chi connectivity index (χ0v) is 15.2. The van der Waals surface area contributed by atoms with E-state index in [0.29, 0.717) is 43.2 Å². The molecule has 2 fully saturated rings. The molecule has 1 aliphatic carbocycles. The first-order valence-electron chi connectivity index (χ1n) is 8.69. The zero-order chi connectivity index (χ0) is 18.2. The Hall–Kier alpha value is -1.67. The van der Waals surface area contributed by atoms with E-state index in [0.717, 1.165) is 19.3 Å². The molecular formula is C17H24N2O5S. The van der Waals surface area contributed by atoms with E-state index >= 15 is 0 Å². The zero-order valence-electron chi connectivity index (χ0n) is 14.4. The Morgan fingerprint density at radius 2 is 1.92 bits per heavy atom. The first-order valence-corrected chi connectivity index (χ1v) is 10.4. The van der Waals surface area contributed by atoms with E-state index in [4.69, 9.17) is 9.56 Å². The van der Waals surface area contributed by atoms with Crippen LogP contribution in [0.3, 0.4) is 0 Å². The van der Waals surface area contributed by atoms with E-state index in [1.807, 2.05) is 6.07 Å². The number of rotatable bonds is 4. The number of amides is 1. The van der Waals surface area contributed by atoms with Crippen LogP contribution in [0.15, 0.2) is 15.3 Å². The summed E-state index contributed by atoms with van der Waals surface area (Å²) >= 11 is 0. The summed E-state index contributed by atoms with van der Waals surface area (Å²) in [5.41, 5.74) is 0.168. The van der Waals surface area contributed by atoms with Crippen molar-refractivity contribution in [3.8, 4) is 0 Å². The summed E-state index contributed by atoms with van der Waals surface area (Å²) in [4.78, 5) is 26.7. The fraction of sp³-hybridized carbons (Fsp3) is 0.647. The Bertz CT molecular complexity index is 818. The Balaban J connectivity index is 1.70. The van der Waals surface area contributed by atoms with Gasteiger partial charge in [-0.05, 0) is 50.2 Å². The van der Waals surface area contributed by atoms with Crippen molar-refractivity contribution in [1.29, 1.82) is 0 Å². The minimum atomic E-state index is -3.51. The average molecular weight is 368 g/mol. The van der Waals surface area contributed by atoms with Crippen molar-refractivity contribution in [2.24, 2.45) is 11.1 Å². The minimum Gasteiger partial charge on any atom is -0.427 e. The van der Waals surface area contributed by atoms with Gasteiger partial charge in [0.1, 0.15) is 11.3 Å². The molecule has 3 rings (SSSR count). The monoisotopic (exact) mass is 368 g/mol. The summed E-state index contributed by atoms with van der Waals surface area (Å²) in [5, 5.41) is 5.08. The van der Waals surface area contributed by atoms with Gasteiger partial charge in [0.25, 0.3) is 5.91 Å². The molecule has 1 aromatic heterocycles. The average Bonchev–Trinajstić information content (AvgIpc) is 2.43. The lowest BCUT2D eigenvalue weighted by molar-refractivity contribution is 0.0692. The number of hydrogen-bond acceptors (Lipinski definition) is 5. The third-order valence-electron chi connectivity index (χ3n) is 5.26. The lowest BCUT2D eigenvalue weighted by atomic mass is 9.83. The molecule has 1 saturated heterocycles. The highest BCUT2D eigenvalue weighted by Gasteiger charge is 2.30. The molecule has 1 saturated carbocycles. The van der Waals surface area contributed by atoms with Crippen LogP contribution in [0.2, 0.25) is 0 Å². The number of carbonyl (C=O) groups excluding carboxylic acids is 1. The van der Waals surface area contributed by atoms with Gasteiger partial charge in [-0.25, -0.2) is 18.4 Å². The smallest absolute Gasteiger partial charge is 0.349 e. The normalized spacial score (nSPS) is 19.7. The summed E-state index contributed by atoms with van der Waals surface area (Å²) in [6, 6.07) is 1.81. The Morgan fingerprint density at radius 1 is 1.28 bits per heavy atom. The number of nitrogens with two attached hydrogens (primary N) is 1. The first-order chi connectivity index (χ1) is 11.7. The van der Waals surface area contributed by atoms with E-state index in [9.17, 15) is 18.0 Å². The Labute approximate surface area is 147 Å². The predicted octanol–water partition coefficient (Wildman–Crippen LogP) is 1.36. The van der Waals surface area contributed by atoms with Crippen LogP contribution in [0.1, 0.15) is 59.7 Å². The molecule has 0 unspecified atom stereocenters. The minimum absolute atomic E-state index is 0.0439. The summed E-state index contributed by atoms with van der Waals surface area (Å²) in [6.45, 7) is 2.60. The molecule has 0 radical (unpaired) electrons. The first kappa shape index (κ1) is 18.1. The highest BCUT2D eigenvalue weighted by Crippen LogP contribution is 2.36. The highest BCUT2D eigenvalue weighted by atomic mass is 32.2. The van der Waals surface area contributed by atoms with Crippen molar-refractivity contribution in [3.05, 3.63) is 33.4 Å². The van der Waals surface area contributed by atoms with Gasteiger partial charge in [0.2, 0.25) is 10.0 Å². The Kier molecular flexibility index (Phi) is 5.02. The molecule has 2 heterocycles. The summed E-state index contributed by atoms with van der Waals surface area (Å²) in [6.07, 6.45) is 4.31. The van der Waals surface area contributed by atoms with Gasteiger partial charge < -0.3 is 9.32 Å². The molecule has 7 nitrogen and oxygen atoms in total. The highest BCUT2D eigenvalue weighted by molar-refractivity contribution is 7.89. The molecule has 0 atom stereocenters. The van der Waals surface area contributed by atoms with Crippen molar-refractivity contribution >= 4 is 15.9 Å². The molecule has 0 spiro atoms. The van der Waals surface area contributed by atoms with Gasteiger partial charge in [-0.2, -0.15) is 0 Å². The number of nitrogens with zero attached hydrogens (tertiary/aromatic N) is 1. The summed E-state index contributed by atoms with van der Waals surface area (Å²) in [5.74, 6) is 0.534. The second-order valence-corrected chi connectivity index (χ2v) is 8.85. The van der Waals surface area contributed by atoms with Crippen molar-refractivity contribution in [2.75, 3.05) is 18.8 Å². The predicted molar refractivity (Wildman–Crippen MR) is 92.9 cm³/mol.